The highest BCUT2D eigenvalue weighted by atomic mass is 32.1. The Kier molecular flexibility index (Phi) is 6.30. The number of aromatic nitrogens is 1. The molecule has 0 spiro atoms. The molecule has 1 atom stereocenters. The van der Waals surface area contributed by atoms with Crippen LogP contribution >= 0.6 is 11.3 Å². The molecule has 1 aromatic carbocycles. The molecule has 0 saturated heterocycles. The second-order valence-corrected chi connectivity index (χ2v) is 5.71. The highest BCUT2D eigenvalue weighted by Crippen LogP contribution is 2.15. The van der Waals surface area contributed by atoms with Crippen LogP contribution in [0.5, 0.6) is 0 Å². The van der Waals surface area contributed by atoms with E-state index < -0.39 is 6.10 Å². The molecule has 116 valence electrons. The Bertz CT molecular complexity index is 609. The smallest absolute Gasteiger partial charge is 0.335 e. The highest BCUT2D eigenvalue weighted by molar-refractivity contribution is 7.09. The van der Waals surface area contributed by atoms with Crippen molar-refractivity contribution in [1.82, 2.24) is 4.98 Å². The third-order valence-electron chi connectivity index (χ3n) is 2.96. The predicted molar refractivity (Wildman–Crippen MR) is 86.8 cm³/mol. The molecular formula is C17H19NO3S. The third-order valence-corrected chi connectivity index (χ3v) is 3.85. The minimum absolute atomic E-state index is 0.173. The van der Waals surface area contributed by atoms with Gasteiger partial charge in [0.2, 0.25) is 0 Å². The fourth-order valence-electron chi connectivity index (χ4n) is 1.81. The van der Waals surface area contributed by atoms with Gasteiger partial charge in [0, 0.05) is 11.8 Å². The second-order valence-electron chi connectivity index (χ2n) is 4.77. The van der Waals surface area contributed by atoms with Crippen LogP contribution in [0.4, 0.5) is 0 Å². The Labute approximate surface area is 134 Å². The minimum Gasteiger partial charge on any atom is -0.457 e. The summed E-state index contributed by atoms with van der Waals surface area (Å²) in [6.07, 6.45) is 1.79. The van der Waals surface area contributed by atoms with Gasteiger partial charge in [-0.2, -0.15) is 0 Å². The number of hydrogen-bond donors (Lipinski definition) is 0. The van der Waals surface area contributed by atoms with Crippen LogP contribution in [-0.4, -0.2) is 23.7 Å². The minimum atomic E-state index is -0.597. The number of benzene rings is 1. The molecule has 2 aromatic rings. The van der Waals surface area contributed by atoms with Crippen LogP contribution in [0.25, 0.3) is 0 Å². The number of hydrogen-bond acceptors (Lipinski definition) is 5. The van der Waals surface area contributed by atoms with Crippen LogP contribution in [0, 0.1) is 0 Å². The lowest BCUT2D eigenvalue weighted by atomic mass is 10.2. The number of thiazole rings is 1. The maximum Gasteiger partial charge on any atom is 0.335 e. The molecule has 0 saturated carbocycles. The van der Waals surface area contributed by atoms with Crippen molar-refractivity contribution in [3.05, 3.63) is 64.6 Å². The van der Waals surface area contributed by atoms with Gasteiger partial charge in [0.05, 0.1) is 17.3 Å². The molecule has 1 heterocycles. The molecule has 0 bridgehead atoms. The van der Waals surface area contributed by atoms with Gasteiger partial charge in [-0.05, 0) is 12.5 Å². The standard InChI is InChI=1S/C17H19NO3S/c1-3-9-20-13(2)17(19)21-11-15-12-22-16(18-15)10-14-7-5-4-6-8-14/h3-8,12-13H,1,9-11H2,2H3. The van der Waals surface area contributed by atoms with E-state index in [2.05, 4.69) is 23.7 Å². The largest absolute Gasteiger partial charge is 0.457 e. The molecule has 2 rings (SSSR count). The molecule has 0 aliphatic carbocycles. The summed E-state index contributed by atoms with van der Waals surface area (Å²) in [5, 5.41) is 2.93. The third kappa shape index (κ3) is 5.09. The first kappa shape index (κ1) is 16.4. The molecule has 0 radical (unpaired) electrons. The first-order valence-corrected chi connectivity index (χ1v) is 7.93. The van der Waals surface area contributed by atoms with E-state index in [-0.39, 0.29) is 12.6 Å². The number of rotatable bonds is 8. The van der Waals surface area contributed by atoms with Gasteiger partial charge in [-0.15, -0.1) is 17.9 Å². The summed E-state index contributed by atoms with van der Waals surface area (Å²) in [5.41, 5.74) is 1.98. The lowest BCUT2D eigenvalue weighted by Crippen LogP contribution is -2.23. The van der Waals surface area contributed by atoms with Crippen molar-refractivity contribution in [2.24, 2.45) is 0 Å². The Morgan fingerprint density at radius 1 is 1.41 bits per heavy atom. The lowest BCUT2D eigenvalue weighted by Gasteiger charge is -2.10. The van der Waals surface area contributed by atoms with Crippen LogP contribution in [0.2, 0.25) is 0 Å². The quantitative estimate of drug-likeness (QED) is 0.553. The summed E-state index contributed by atoms with van der Waals surface area (Å²) in [7, 11) is 0. The zero-order valence-electron chi connectivity index (χ0n) is 12.5. The molecule has 0 N–H and O–H groups in total. The van der Waals surface area contributed by atoms with Gasteiger partial charge in [-0.25, -0.2) is 9.78 Å². The van der Waals surface area contributed by atoms with Crippen molar-refractivity contribution >= 4 is 17.3 Å². The van der Waals surface area contributed by atoms with Gasteiger partial charge in [-0.3, -0.25) is 0 Å². The van der Waals surface area contributed by atoms with Gasteiger partial charge in [-0.1, -0.05) is 36.4 Å². The molecule has 0 aliphatic heterocycles. The monoisotopic (exact) mass is 317 g/mol. The van der Waals surface area contributed by atoms with Crippen LogP contribution < -0.4 is 0 Å². The highest BCUT2D eigenvalue weighted by Gasteiger charge is 2.15. The van der Waals surface area contributed by atoms with Gasteiger partial charge >= 0.3 is 5.97 Å². The van der Waals surface area contributed by atoms with E-state index in [0.29, 0.717) is 6.61 Å². The Morgan fingerprint density at radius 2 is 2.18 bits per heavy atom. The number of nitrogens with zero attached hydrogens (tertiary/aromatic N) is 1. The van der Waals surface area contributed by atoms with E-state index in [1.54, 1.807) is 24.3 Å². The van der Waals surface area contributed by atoms with Crippen molar-refractivity contribution in [1.29, 1.82) is 0 Å². The van der Waals surface area contributed by atoms with E-state index in [1.165, 1.54) is 5.56 Å². The summed E-state index contributed by atoms with van der Waals surface area (Å²) < 4.78 is 10.4. The van der Waals surface area contributed by atoms with Crippen molar-refractivity contribution in [3.8, 4) is 0 Å². The van der Waals surface area contributed by atoms with Crippen LogP contribution in [-0.2, 0) is 27.3 Å². The first-order valence-electron chi connectivity index (χ1n) is 7.05. The topological polar surface area (TPSA) is 48.4 Å². The number of carbonyl (C=O) groups excluding carboxylic acids is 1. The van der Waals surface area contributed by atoms with Crippen LogP contribution in [0.1, 0.15) is 23.2 Å². The molecule has 1 unspecified atom stereocenters. The van der Waals surface area contributed by atoms with E-state index >= 15 is 0 Å². The van der Waals surface area contributed by atoms with E-state index in [1.807, 2.05) is 23.6 Å². The Hall–Kier alpha value is -1.98. The van der Waals surface area contributed by atoms with Crippen LogP contribution in [0.15, 0.2) is 48.4 Å². The molecular weight excluding hydrogens is 298 g/mol. The normalized spacial score (nSPS) is 11.9. The summed E-state index contributed by atoms with van der Waals surface area (Å²) in [4.78, 5) is 16.2. The van der Waals surface area contributed by atoms with Gasteiger partial charge in [0.1, 0.15) is 6.61 Å². The summed E-state index contributed by atoms with van der Waals surface area (Å²) in [6.45, 7) is 5.70. The van der Waals surface area contributed by atoms with Crippen molar-refractivity contribution in [3.63, 3.8) is 0 Å². The fourth-order valence-corrected chi connectivity index (χ4v) is 2.62. The lowest BCUT2D eigenvalue weighted by molar-refractivity contribution is -0.156. The molecule has 0 amide bonds. The van der Waals surface area contributed by atoms with Crippen molar-refractivity contribution in [2.75, 3.05) is 6.61 Å². The Morgan fingerprint density at radius 3 is 2.91 bits per heavy atom. The van der Waals surface area contributed by atoms with Gasteiger partial charge < -0.3 is 9.47 Å². The average Bonchev–Trinajstić information content (AvgIpc) is 2.98. The fraction of sp³-hybridized carbons (Fsp3) is 0.294. The van der Waals surface area contributed by atoms with Gasteiger partial charge in [0.15, 0.2) is 6.10 Å². The second kappa shape index (κ2) is 8.46. The maximum atomic E-state index is 11.7. The van der Waals surface area contributed by atoms with Gasteiger partial charge in [0.25, 0.3) is 0 Å². The predicted octanol–water partition coefficient (Wildman–Crippen LogP) is 3.37. The average molecular weight is 317 g/mol. The summed E-state index contributed by atoms with van der Waals surface area (Å²) >= 11 is 1.57. The van der Waals surface area contributed by atoms with E-state index in [0.717, 1.165) is 17.1 Å². The van der Waals surface area contributed by atoms with Crippen molar-refractivity contribution in [2.45, 2.75) is 26.1 Å². The SMILES string of the molecule is C=CCOC(C)C(=O)OCc1csc(Cc2ccccc2)n1. The van der Waals surface area contributed by atoms with E-state index in [9.17, 15) is 4.79 Å². The molecule has 5 heteroatoms. The van der Waals surface area contributed by atoms with E-state index in [4.69, 9.17) is 9.47 Å². The summed E-state index contributed by atoms with van der Waals surface area (Å²) in [6, 6.07) is 10.2. The maximum absolute atomic E-state index is 11.7. The molecule has 4 nitrogen and oxygen atoms in total. The molecule has 1 aromatic heterocycles. The molecule has 22 heavy (non-hydrogen) atoms. The Balaban J connectivity index is 1.82. The van der Waals surface area contributed by atoms with Crippen LogP contribution in [0.3, 0.4) is 0 Å². The number of carbonyl (C=O) groups is 1. The molecule has 0 fully saturated rings. The molecule has 0 aliphatic rings. The number of ether oxygens (including phenoxy) is 2. The number of esters is 1. The van der Waals surface area contributed by atoms with Crippen molar-refractivity contribution < 1.29 is 14.3 Å². The summed E-state index contributed by atoms with van der Waals surface area (Å²) in [5.74, 6) is -0.389. The first-order chi connectivity index (χ1) is 10.7. The zero-order chi connectivity index (χ0) is 15.8. The zero-order valence-corrected chi connectivity index (χ0v) is 13.3.